The van der Waals surface area contributed by atoms with Gasteiger partial charge in [0, 0.05) is 10.6 Å². The summed E-state index contributed by atoms with van der Waals surface area (Å²) in [4.78, 5) is 0. The molecule has 1 rings (SSSR count). The van der Waals surface area contributed by atoms with Crippen molar-refractivity contribution >= 4 is 29.2 Å². The number of benzene rings is 1. The predicted molar refractivity (Wildman–Crippen MR) is 82.6 cm³/mol. The average molecular weight is 300 g/mol. The van der Waals surface area contributed by atoms with E-state index >= 15 is 0 Å². The molecule has 0 spiro atoms. The molecule has 5 heteroatoms. The summed E-state index contributed by atoms with van der Waals surface area (Å²) in [5, 5.41) is 0.578. The Morgan fingerprint density at radius 3 is 2.74 bits per heavy atom. The smallest absolute Gasteiger partial charge is 0.144 e. The second-order valence-corrected chi connectivity index (χ2v) is 7.25. The Morgan fingerprint density at radius 1 is 1.47 bits per heavy atom. The van der Waals surface area contributed by atoms with E-state index in [-0.39, 0.29) is 0 Å². The lowest BCUT2D eigenvalue weighted by Crippen LogP contribution is -2.25. The van der Waals surface area contributed by atoms with E-state index in [0.717, 1.165) is 0 Å². The van der Waals surface area contributed by atoms with Crippen LogP contribution in [-0.4, -0.2) is 22.1 Å². The van der Waals surface area contributed by atoms with E-state index in [2.05, 4.69) is 11.0 Å². The predicted octanol–water partition coefficient (Wildman–Crippen LogP) is 3.79. The Bertz CT molecular complexity index is 469. The third kappa shape index (κ3) is 5.27. The molecule has 0 bridgehead atoms. The first-order valence-corrected chi connectivity index (χ1v) is 7.32. The first kappa shape index (κ1) is 16.1. The summed E-state index contributed by atoms with van der Waals surface area (Å²) >= 11 is 4.64. The SMILES string of the molecule is C=CCOc1ccc(Cl)cc1C=N[S+]([O-])C(C)(C)C. The molecule has 104 valence electrons. The zero-order valence-electron chi connectivity index (χ0n) is 11.4. The fourth-order valence-electron chi connectivity index (χ4n) is 1.16. The van der Waals surface area contributed by atoms with Crippen molar-refractivity contribution < 1.29 is 9.29 Å². The zero-order valence-corrected chi connectivity index (χ0v) is 12.9. The lowest BCUT2D eigenvalue weighted by atomic mass is 10.2. The lowest BCUT2D eigenvalue weighted by molar-refractivity contribution is 0.363. The van der Waals surface area contributed by atoms with Crippen molar-refractivity contribution in [2.45, 2.75) is 25.5 Å². The molecular formula is C14H18ClNO2S. The Labute approximate surface area is 122 Å². The third-order valence-corrected chi connectivity index (χ3v) is 3.72. The molecular weight excluding hydrogens is 282 g/mol. The summed E-state index contributed by atoms with van der Waals surface area (Å²) in [5.41, 5.74) is 0.701. The molecule has 1 unspecified atom stereocenters. The summed E-state index contributed by atoms with van der Waals surface area (Å²) in [6, 6.07) is 5.22. The van der Waals surface area contributed by atoms with Crippen LogP contribution in [0.25, 0.3) is 0 Å². The monoisotopic (exact) mass is 299 g/mol. The summed E-state index contributed by atoms with van der Waals surface area (Å²) in [7, 11) is 0. The molecule has 0 fully saturated rings. The van der Waals surface area contributed by atoms with Crippen LogP contribution in [0.5, 0.6) is 5.75 Å². The highest BCUT2D eigenvalue weighted by Crippen LogP contribution is 2.23. The van der Waals surface area contributed by atoms with Gasteiger partial charge in [-0.2, -0.15) is 0 Å². The molecule has 0 aromatic heterocycles. The first-order chi connectivity index (χ1) is 8.84. The molecule has 1 aromatic rings. The van der Waals surface area contributed by atoms with Gasteiger partial charge in [-0.25, -0.2) is 0 Å². The van der Waals surface area contributed by atoms with Crippen molar-refractivity contribution in [3.63, 3.8) is 0 Å². The third-order valence-electron chi connectivity index (χ3n) is 2.14. The molecule has 0 aliphatic carbocycles. The molecule has 0 radical (unpaired) electrons. The van der Waals surface area contributed by atoms with Gasteiger partial charge in [0.05, 0.1) is 6.21 Å². The van der Waals surface area contributed by atoms with Crippen LogP contribution in [0.15, 0.2) is 35.3 Å². The van der Waals surface area contributed by atoms with Crippen LogP contribution in [0.3, 0.4) is 0 Å². The quantitative estimate of drug-likeness (QED) is 0.472. The van der Waals surface area contributed by atoms with Crippen LogP contribution in [0, 0.1) is 0 Å². The minimum absolute atomic E-state index is 0.392. The van der Waals surface area contributed by atoms with Crippen molar-refractivity contribution in [1.29, 1.82) is 0 Å². The standard InChI is InChI=1S/C14H18ClNO2S/c1-5-8-18-13-7-6-12(15)9-11(13)10-16-19(17)14(2,3)4/h5-7,9-10H,1,8H2,2-4H3. The highest BCUT2D eigenvalue weighted by Gasteiger charge is 2.25. The van der Waals surface area contributed by atoms with Crippen molar-refractivity contribution in [3.8, 4) is 5.75 Å². The van der Waals surface area contributed by atoms with Crippen LogP contribution in [0.1, 0.15) is 26.3 Å². The van der Waals surface area contributed by atoms with Crippen LogP contribution >= 0.6 is 11.6 Å². The molecule has 0 saturated heterocycles. The maximum Gasteiger partial charge on any atom is 0.144 e. The zero-order chi connectivity index (χ0) is 14.5. The Kier molecular flexibility index (Phi) is 5.91. The molecule has 1 atom stereocenters. The molecule has 0 saturated carbocycles. The van der Waals surface area contributed by atoms with E-state index in [1.54, 1.807) is 24.3 Å². The average Bonchev–Trinajstić information content (AvgIpc) is 2.33. The van der Waals surface area contributed by atoms with E-state index in [0.29, 0.717) is 22.9 Å². The van der Waals surface area contributed by atoms with Crippen molar-refractivity contribution in [1.82, 2.24) is 0 Å². The van der Waals surface area contributed by atoms with Gasteiger partial charge in [-0.1, -0.05) is 28.7 Å². The van der Waals surface area contributed by atoms with Crippen LogP contribution < -0.4 is 4.74 Å². The van der Waals surface area contributed by atoms with Crippen LogP contribution in [0.4, 0.5) is 0 Å². The molecule has 0 heterocycles. The van der Waals surface area contributed by atoms with Gasteiger partial charge >= 0.3 is 0 Å². The van der Waals surface area contributed by atoms with E-state index < -0.39 is 16.1 Å². The fraction of sp³-hybridized carbons (Fsp3) is 0.357. The Morgan fingerprint density at radius 2 is 2.16 bits per heavy atom. The van der Waals surface area contributed by atoms with Gasteiger partial charge in [-0.3, -0.25) is 0 Å². The Balaban J connectivity index is 2.95. The largest absolute Gasteiger partial charge is 0.591 e. The molecule has 3 nitrogen and oxygen atoms in total. The topological polar surface area (TPSA) is 44.6 Å². The number of nitrogens with zero attached hydrogens (tertiary/aromatic N) is 1. The summed E-state index contributed by atoms with van der Waals surface area (Å²) in [6.45, 7) is 9.60. The number of halogens is 1. The minimum Gasteiger partial charge on any atom is -0.591 e. The minimum atomic E-state index is -1.31. The van der Waals surface area contributed by atoms with E-state index in [9.17, 15) is 4.55 Å². The number of ether oxygens (including phenoxy) is 1. The van der Waals surface area contributed by atoms with Gasteiger partial charge in [-0.05, 0) is 39.0 Å². The fourth-order valence-corrected chi connectivity index (χ4v) is 1.87. The van der Waals surface area contributed by atoms with Gasteiger partial charge in [0.15, 0.2) is 0 Å². The number of hydrogen-bond donors (Lipinski definition) is 0. The van der Waals surface area contributed by atoms with Crippen LogP contribution in [0.2, 0.25) is 5.02 Å². The van der Waals surface area contributed by atoms with Gasteiger partial charge < -0.3 is 9.29 Å². The number of hydrogen-bond acceptors (Lipinski definition) is 3. The molecule has 0 N–H and O–H groups in total. The van der Waals surface area contributed by atoms with E-state index in [1.807, 2.05) is 20.8 Å². The van der Waals surface area contributed by atoms with Crippen LogP contribution in [-0.2, 0) is 11.4 Å². The summed E-state index contributed by atoms with van der Waals surface area (Å²) < 4.78 is 21.0. The Hall–Kier alpha value is -0.970. The van der Waals surface area contributed by atoms with E-state index in [4.69, 9.17) is 16.3 Å². The van der Waals surface area contributed by atoms with Gasteiger partial charge in [0.2, 0.25) is 0 Å². The summed E-state index contributed by atoms with van der Waals surface area (Å²) in [5.74, 6) is 0.638. The van der Waals surface area contributed by atoms with Gasteiger partial charge in [0.25, 0.3) is 0 Å². The normalized spacial score (nSPS) is 13.5. The highest BCUT2D eigenvalue weighted by molar-refractivity contribution is 7.91. The molecule has 0 aliphatic heterocycles. The summed E-state index contributed by atoms with van der Waals surface area (Å²) in [6.07, 6.45) is 3.19. The molecule has 0 aliphatic rings. The maximum absolute atomic E-state index is 11.9. The first-order valence-electron chi connectivity index (χ1n) is 5.84. The second-order valence-electron chi connectivity index (χ2n) is 4.88. The lowest BCUT2D eigenvalue weighted by Gasteiger charge is -2.17. The van der Waals surface area contributed by atoms with Gasteiger partial charge in [-0.15, -0.1) is 0 Å². The van der Waals surface area contributed by atoms with E-state index in [1.165, 1.54) is 6.21 Å². The molecule has 1 aromatic carbocycles. The second kappa shape index (κ2) is 6.98. The molecule has 0 amide bonds. The van der Waals surface area contributed by atoms with Gasteiger partial charge in [0.1, 0.15) is 28.5 Å². The highest BCUT2D eigenvalue weighted by atomic mass is 35.5. The van der Waals surface area contributed by atoms with Crippen molar-refractivity contribution in [2.75, 3.05) is 6.61 Å². The van der Waals surface area contributed by atoms with Crippen molar-refractivity contribution in [2.24, 2.45) is 4.40 Å². The maximum atomic E-state index is 11.9. The van der Waals surface area contributed by atoms with Crippen molar-refractivity contribution in [3.05, 3.63) is 41.4 Å². The number of rotatable bonds is 5. The molecule has 19 heavy (non-hydrogen) atoms.